The Morgan fingerprint density at radius 1 is 1.10 bits per heavy atom. The predicted molar refractivity (Wildman–Crippen MR) is 118 cm³/mol. The van der Waals surface area contributed by atoms with Crippen molar-refractivity contribution in [3.63, 3.8) is 0 Å². The number of benzene rings is 2. The molecular weight excluding hydrogens is 423 g/mol. The number of anilines is 2. The van der Waals surface area contributed by atoms with Crippen molar-refractivity contribution in [1.29, 1.82) is 0 Å². The first-order valence-corrected chi connectivity index (χ1v) is 10.1. The Morgan fingerprint density at radius 3 is 2.39 bits per heavy atom. The average Bonchev–Trinajstić information content (AvgIpc) is 3.22. The predicted octanol–water partition coefficient (Wildman–Crippen LogP) is 3.09. The van der Waals surface area contributed by atoms with Crippen LogP contribution in [0.4, 0.5) is 15.8 Å². The van der Waals surface area contributed by atoms with E-state index in [9.17, 15) is 18.8 Å². The molecule has 162 valence electrons. The van der Waals surface area contributed by atoms with Gasteiger partial charge in [0.2, 0.25) is 11.8 Å². The summed E-state index contributed by atoms with van der Waals surface area (Å²) < 4.78 is 13.1. The van der Waals surface area contributed by atoms with E-state index >= 15 is 0 Å². The molecule has 0 radical (unpaired) electrons. The average molecular weight is 445 g/mol. The van der Waals surface area contributed by atoms with Crippen LogP contribution in [0.2, 0.25) is 5.02 Å². The van der Waals surface area contributed by atoms with Gasteiger partial charge in [0, 0.05) is 35.6 Å². The van der Waals surface area contributed by atoms with Crippen molar-refractivity contribution in [2.75, 3.05) is 23.7 Å². The van der Waals surface area contributed by atoms with Gasteiger partial charge in [-0.25, -0.2) is 4.39 Å². The van der Waals surface area contributed by atoms with Crippen LogP contribution in [-0.4, -0.2) is 36.9 Å². The number of halogens is 2. The number of rotatable bonds is 6. The van der Waals surface area contributed by atoms with Gasteiger partial charge in [0.25, 0.3) is 5.91 Å². The van der Waals surface area contributed by atoms with Gasteiger partial charge in [0.1, 0.15) is 5.82 Å². The maximum absolute atomic E-state index is 13.1. The first kappa shape index (κ1) is 22.5. The summed E-state index contributed by atoms with van der Waals surface area (Å²) in [6.07, 6.45) is 2.10. The van der Waals surface area contributed by atoms with E-state index in [1.807, 2.05) is 0 Å². The molecule has 0 spiro atoms. The van der Waals surface area contributed by atoms with Crippen molar-refractivity contribution in [2.24, 2.45) is 0 Å². The molecule has 0 aliphatic carbocycles. The molecule has 0 aromatic heterocycles. The highest BCUT2D eigenvalue weighted by molar-refractivity contribution is 6.34. The second kappa shape index (κ2) is 10.2. The van der Waals surface area contributed by atoms with Crippen LogP contribution in [-0.2, 0) is 9.59 Å². The van der Waals surface area contributed by atoms with Crippen LogP contribution in [0.25, 0.3) is 0 Å². The minimum Gasteiger partial charge on any atom is -0.348 e. The van der Waals surface area contributed by atoms with Gasteiger partial charge in [0.05, 0.1) is 10.6 Å². The molecule has 0 saturated carbocycles. The molecule has 1 unspecified atom stereocenters. The molecule has 4 N–H and O–H groups in total. The molecule has 1 fully saturated rings. The number of carbonyl (C=O) groups is 3. The zero-order valence-electron chi connectivity index (χ0n) is 16.8. The Kier molecular flexibility index (Phi) is 7.38. The maximum atomic E-state index is 13.1. The van der Waals surface area contributed by atoms with E-state index in [1.54, 1.807) is 31.2 Å². The van der Waals surface area contributed by atoms with E-state index in [0.717, 1.165) is 31.6 Å². The monoisotopic (exact) mass is 444 g/mol. The molecule has 31 heavy (non-hydrogen) atoms. The molecule has 1 heterocycles. The Morgan fingerprint density at radius 2 is 1.77 bits per heavy atom. The standard InChI is InChI=1S/C22H22ClFN4O3/c1-13(21(30)28-17-8-9-25-12-17)10-20(29)26-15-3-5-16(6-4-15)27-22(31)18-7-2-14(24)11-19(18)23/h2-7,10-11,17,25H,8-9,12H2,1H3,(H,26,29)(H,27,31)(H,28,30). The normalized spacial score (nSPS) is 16.0. The number of hydrogen-bond donors (Lipinski definition) is 4. The summed E-state index contributed by atoms with van der Waals surface area (Å²) in [6, 6.07) is 10.0. The van der Waals surface area contributed by atoms with E-state index < -0.39 is 17.6 Å². The van der Waals surface area contributed by atoms with E-state index in [1.165, 1.54) is 12.1 Å². The van der Waals surface area contributed by atoms with Crippen molar-refractivity contribution in [1.82, 2.24) is 10.6 Å². The molecule has 9 heteroatoms. The lowest BCUT2D eigenvalue weighted by Gasteiger charge is -2.11. The Hall–Kier alpha value is -3.23. The van der Waals surface area contributed by atoms with Crippen LogP contribution >= 0.6 is 11.6 Å². The molecule has 1 saturated heterocycles. The van der Waals surface area contributed by atoms with E-state index in [4.69, 9.17) is 11.6 Å². The van der Waals surface area contributed by atoms with Gasteiger partial charge in [-0.05, 0) is 62.4 Å². The van der Waals surface area contributed by atoms with Crippen molar-refractivity contribution in [3.8, 4) is 0 Å². The van der Waals surface area contributed by atoms with Crippen LogP contribution in [0.3, 0.4) is 0 Å². The SMILES string of the molecule is CC(=CC(=O)Nc1ccc(NC(=O)c2ccc(F)cc2Cl)cc1)C(=O)NC1CCNC1. The number of hydrogen-bond acceptors (Lipinski definition) is 4. The van der Waals surface area contributed by atoms with Gasteiger partial charge in [0.15, 0.2) is 0 Å². The van der Waals surface area contributed by atoms with Gasteiger partial charge in [-0.2, -0.15) is 0 Å². The van der Waals surface area contributed by atoms with E-state index in [-0.39, 0.29) is 22.5 Å². The molecule has 1 aliphatic heterocycles. The summed E-state index contributed by atoms with van der Waals surface area (Å²) >= 11 is 5.90. The van der Waals surface area contributed by atoms with Gasteiger partial charge >= 0.3 is 0 Å². The second-order valence-corrected chi connectivity index (χ2v) is 7.54. The van der Waals surface area contributed by atoms with Gasteiger partial charge in [-0.3, -0.25) is 14.4 Å². The third kappa shape index (κ3) is 6.37. The Bertz CT molecular complexity index is 1020. The fourth-order valence-electron chi connectivity index (χ4n) is 3.03. The number of carbonyl (C=O) groups excluding carboxylic acids is 3. The summed E-state index contributed by atoms with van der Waals surface area (Å²) in [7, 11) is 0. The van der Waals surface area contributed by atoms with Crippen LogP contribution in [0.15, 0.2) is 54.1 Å². The Balaban J connectivity index is 1.55. The lowest BCUT2D eigenvalue weighted by Crippen LogP contribution is -2.36. The van der Waals surface area contributed by atoms with E-state index in [2.05, 4.69) is 21.3 Å². The quantitative estimate of drug-likeness (QED) is 0.514. The lowest BCUT2D eigenvalue weighted by atomic mass is 10.2. The molecule has 2 aromatic rings. The van der Waals surface area contributed by atoms with Crippen LogP contribution in [0.1, 0.15) is 23.7 Å². The molecule has 3 rings (SSSR count). The first-order valence-electron chi connectivity index (χ1n) is 9.69. The number of nitrogens with one attached hydrogen (secondary N) is 4. The largest absolute Gasteiger partial charge is 0.348 e. The number of amides is 3. The minimum absolute atomic E-state index is 0.0109. The fourth-order valence-corrected chi connectivity index (χ4v) is 3.28. The highest BCUT2D eigenvalue weighted by Crippen LogP contribution is 2.20. The summed E-state index contributed by atoms with van der Waals surface area (Å²) in [5, 5.41) is 11.4. The zero-order chi connectivity index (χ0) is 22.4. The minimum atomic E-state index is -0.529. The second-order valence-electron chi connectivity index (χ2n) is 7.14. The van der Waals surface area contributed by atoms with E-state index in [0.29, 0.717) is 16.9 Å². The lowest BCUT2D eigenvalue weighted by molar-refractivity contribution is -0.118. The molecule has 1 aliphatic rings. The summed E-state index contributed by atoms with van der Waals surface area (Å²) in [6.45, 7) is 3.17. The highest BCUT2D eigenvalue weighted by Gasteiger charge is 2.17. The molecule has 0 bridgehead atoms. The smallest absolute Gasteiger partial charge is 0.257 e. The maximum Gasteiger partial charge on any atom is 0.257 e. The van der Waals surface area contributed by atoms with Gasteiger partial charge in [-0.1, -0.05) is 11.6 Å². The first-order chi connectivity index (χ1) is 14.8. The van der Waals surface area contributed by atoms with Crippen LogP contribution in [0.5, 0.6) is 0 Å². The third-order valence-corrected chi connectivity index (χ3v) is 5.00. The fraction of sp³-hybridized carbons (Fsp3) is 0.227. The highest BCUT2D eigenvalue weighted by atomic mass is 35.5. The Labute approximate surface area is 184 Å². The molecule has 2 aromatic carbocycles. The molecule has 3 amide bonds. The summed E-state index contributed by atoms with van der Waals surface area (Å²) in [5.74, 6) is -1.73. The zero-order valence-corrected chi connectivity index (χ0v) is 17.6. The van der Waals surface area contributed by atoms with Crippen molar-refractivity contribution >= 4 is 40.7 Å². The topological polar surface area (TPSA) is 99.3 Å². The van der Waals surface area contributed by atoms with Gasteiger partial charge < -0.3 is 21.3 Å². The molecular formula is C22H22ClFN4O3. The van der Waals surface area contributed by atoms with Crippen LogP contribution in [0, 0.1) is 5.82 Å². The summed E-state index contributed by atoms with van der Waals surface area (Å²) in [4.78, 5) is 36.6. The van der Waals surface area contributed by atoms with Crippen molar-refractivity contribution in [3.05, 3.63) is 70.5 Å². The van der Waals surface area contributed by atoms with Gasteiger partial charge in [-0.15, -0.1) is 0 Å². The van der Waals surface area contributed by atoms with Crippen molar-refractivity contribution in [2.45, 2.75) is 19.4 Å². The summed E-state index contributed by atoms with van der Waals surface area (Å²) in [5.41, 5.74) is 1.42. The third-order valence-electron chi connectivity index (χ3n) is 4.69. The van der Waals surface area contributed by atoms with Crippen LogP contribution < -0.4 is 21.3 Å². The van der Waals surface area contributed by atoms with Crippen molar-refractivity contribution < 1.29 is 18.8 Å². The molecule has 7 nitrogen and oxygen atoms in total. The molecule has 1 atom stereocenters.